The molecule has 0 radical (unpaired) electrons. The highest BCUT2D eigenvalue weighted by molar-refractivity contribution is 14.1. The van der Waals surface area contributed by atoms with Crippen LogP contribution in [0.3, 0.4) is 0 Å². The molecular formula is C8H12I2. The molecule has 0 N–H and O–H groups in total. The number of hydrogen-bond donors (Lipinski definition) is 0. The molecule has 1 aliphatic carbocycles. The normalized spacial score (nSPS) is 32.6. The molecule has 1 aliphatic rings. The van der Waals surface area contributed by atoms with Crippen molar-refractivity contribution in [2.45, 2.75) is 12.8 Å². The molecule has 2 atom stereocenters. The highest BCUT2D eigenvalue weighted by Gasteiger charge is 2.19. The monoisotopic (exact) mass is 362 g/mol. The fraction of sp³-hybridized carbons (Fsp3) is 0.750. The van der Waals surface area contributed by atoms with E-state index in [9.17, 15) is 0 Å². The molecule has 2 unspecified atom stereocenters. The van der Waals surface area contributed by atoms with E-state index in [0.717, 1.165) is 11.8 Å². The summed E-state index contributed by atoms with van der Waals surface area (Å²) in [5.74, 6) is 1.92. The fourth-order valence-electron chi connectivity index (χ4n) is 1.30. The van der Waals surface area contributed by atoms with Crippen molar-refractivity contribution >= 4 is 45.2 Å². The van der Waals surface area contributed by atoms with Crippen LogP contribution in [0.5, 0.6) is 0 Å². The first-order valence-electron chi connectivity index (χ1n) is 3.65. The summed E-state index contributed by atoms with van der Waals surface area (Å²) in [6.45, 7) is 0. The zero-order valence-corrected chi connectivity index (χ0v) is 10.2. The smallest absolute Gasteiger partial charge is 0.00296 e. The van der Waals surface area contributed by atoms with E-state index in [0.29, 0.717) is 0 Å². The standard InChI is InChI=1S/C8H12I2/c9-5-7-3-1-2-4-8(7)6-10/h1-2,7-8H,3-6H2. The summed E-state index contributed by atoms with van der Waals surface area (Å²) >= 11 is 5.02. The second-order valence-electron chi connectivity index (χ2n) is 2.77. The van der Waals surface area contributed by atoms with Crippen molar-refractivity contribution in [1.82, 2.24) is 0 Å². The Bertz CT molecular complexity index is 106. The van der Waals surface area contributed by atoms with Crippen molar-refractivity contribution in [2.24, 2.45) is 11.8 Å². The Balaban J connectivity index is 2.45. The molecule has 0 aliphatic heterocycles. The molecule has 0 heterocycles. The zero-order valence-electron chi connectivity index (χ0n) is 5.89. The Kier molecular flexibility index (Phi) is 4.60. The number of allylic oxidation sites excluding steroid dienone is 2. The molecule has 58 valence electrons. The lowest BCUT2D eigenvalue weighted by atomic mass is 9.86. The molecule has 2 heteroatoms. The van der Waals surface area contributed by atoms with Crippen LogP contribution in [0.4, 0.5) is 0 Å². The van der Waals surface area contributed by atoms with Gasteiger partial charge in [0.1, 0.15) is 0 Å². The second kappa shape index (κ2) is 4.95. The average Bonchev–Trinajstić information content (AvgIpc) is 2.04. The van der Waals surface area contributed by atoms with E-state index in [1.165, 1.54) is 21.7 Å². The molecule has 0 nitrogen and oxygen atoms in total. The molecule has 1 rings (SSSR count). The number of rotatable bonds is 2. The molecule has 0 aromatic carbocycles. The van der Waals surface area contributed by atoms with Crippen molar-refractivity contribution in [3.8, 4) is 0 Å². The largest absolute Gasteiger partial charge is 0.0882 e. The van der Waals surface area contributed by atoms with Crippen LogP contribution in [-0.4, -0.2) is 8.86 Å². The van der Waals surface area contributed by atoms with Gasteiger partial charge in [-0.25, -0.2) is 0 Å². The predicted octanol–water partition coefficient (Wildman–Crippen LogP) is 3.44. The molecular weight excluding hydrogens is 350 g/mol. The molecule has 0 aromatic heterocycles. The van der Waals surface area contributed by atoms with Crippen molar-refractivity contribution < 1.29 is 0 Å². The van der Waals surface area contributed by atoms with Gasteiger partial charge in [-0.05, 0) is 24.7 Å². The summed E-state index contributed by atoms with van der Waals surface area (Å²) in [5, 5.41) is 0. The Morgan fingerprint density at radius 1 is 1.00 bits per heavy atom. The summed E-state index contributed by atoms with van der Waals surface area (Å²) in [4.78, 5) is 0. The maximum absolute atomic E-state index is 2.51. The van der Waals surface area contributed by atoms with E-state index >= 15 is 0 Å². The first-order valence-corrected chi connectivity index (χ1v) is 6.70. The van der Waals surface area contributed by atoms with E-state index in [4.69, 9.17) is 0 Å². The Labute approximate surface area is 90.1 Å². The molecule has 0 fully saturated rings. The predicted molar refractivity (Wildman–Crippen MR) is 63.1 cm³/mol. The quantitative estimate of drug-likeness (QED) is 0.401. The third-order valence-corrected chi connectivity index (χ3v) is 4.37. The first-order chi connectivity index (χ1) is 4.88. The van der Waals surface area contributed by atoms with Crippen LogP contribution in [0, 0.1) is 11.8 Å². The summed E-state index contributed by atoms with van der Waals surface area (Å²) < 4.78 is 2.66. The van der Waals surface area contributed by atoms with Crippen LogP contribution in [0.25, 0.3) is 0 Å². The highest BCUT2D eigenvalue weighted by atomic mass is 127. The van der Waals surface area contributed by atoms with E-state index in [1.807, 2.05) is 0 Å². The molecule has 0 aromatic rings. The van der Waals surface area contributed by atoms with Gasteiger partial charge in [0.2, 0.25) is 0 Å². The van der Waals surface area contributed by atoms with Crippen LogP contribution in [-0.2, 0) is 0 Å². The van der Waals surface area contributed by atoms with Crippen molar-refractivity contribution in [1.29, 1.82) is 0 Å². The van der Waals surface area contributed by atoms with Gasteiger partial charge in [0.05, 0.1) is 0 Å². The number of alkyl halides is 2. The lowest BCUT2D eigenvalue weighted by molar-refractivity contribution is 0.402. The molecule has 0 saturated carbocycles. The average molecular weight is 362 g/mol. The van der Waals surface area contributed by atoms with Crippen molar-refractivity contribution in [3.63, 3.8) is 0 Å². The Morgan fingerprint density at radius 2 is 1.40 bits per heavy atom. The van der Waals surface area contributed by atoms with Crippen molar-refractivity contribution in [2.75, 3.05) is 8.86 Å². The van der Waals surface area contributed by atoms with Gasteiger partial charge < -0.3 is 0 Å². The molecule has 0 saturated heterocycles. The van der Waals surface area contributed by atoms with E-state index in [2.05, 4.69) is 57.3 Å². The van der Waals surface area contributed by atoms with Gasteiger partial charge in [0.15, 0.2) is 0 Å². The number of hydrogen-bond acceptors (Lipinski definition) is 0. The topological polar surface area (TPSA) is 0 Å². The van der Waals surface area contributed by atoms with E-state index in [1.54, 1.807) is 0 Å². The van der Waals surface area contributed by atoms with Gasteiger partial charge >= 0.3 is 0 Å². The molecule has 0 spiro atoms. The number of halogens is 2. The van der Waals surface area contributed by atoms with Gasteiger partial charge in [-0.15, -0.1) is 0 Å². The van der Waals surface area contributed by atoms with Crippen LogP contribution in [0.2, 0.25) is 0 Å². The van der Waals surface area contributed by atoms with Gasteiger partial charge in [-0.2, -0.15) is 0 Å². The third kappa shape index (κ3) is 2.36. The lowest BCUT2D eigenvalue weighted by Gasteiger charge is -2.24. The SMILES string of the molecule is ICC1CC=CCC1CI. The minimum atomic E-state index is 0.961. The van der Waals surface area contributed by atoms with Crippen LogP contribution in [0.1, 0.15) is 12.8 Å². The first kappa shape index (κ1) is 9.29. The molecule has 0 bridgehead atoms. The lowest BCUT2D eigenvalue weighted by Crippen LogP contribution is -2.18. The van der Waals surface area contributed by atoms with Gasteiger partial charge in [-0.1, -0.05) is 57.3 Å². The van der Waals surface area contributed by atoms with Crippen LogP contribution in [0.15, 0.2) is 12.2 Å². The Morgan fingerprint density at radius 3 is 1.70 bits per heavy atom. The van der Waals surface area contributed by atoms with Crippen LogP contribution < -0.4 is 0 Å². The van der Waals surface area contributed by atoms with Gasteiger partial charge in [0, 0.05) is 8.86 Å². The minimum Gasteiger partial charge on any atom is -0.0882 e. The van der Waals surface area contributed by atoms with Gasteiger partial charge in [0.25, 0.3) is 0 Å². The van der Waals surface area contributed by atoms with Crippen LogP contribution >= 0.6 is 45.2 Å². The zero-order chi connectivity index (χ0) is 7.40. The summed E-state index contributed by atoms with van der Waals surface area (Å²) in [6.07, 6.45) is 7.31. The second-order valence-corrected chi connectivity index (χ2v) is 4.53. The van der Waals surface area contributed by atoms with Gasteiger partial charge in [-0.3, -0.25) is 0 Å². The summed E-state index contributed by atoms with van der Waals surface area (Å²) in [6, 6.07) is 0. The van der Waals surface area contributed by atoms with E-state index < -0.39 is 0 Å². The minimum absolute atomic E-state index is 0.961. The molecule has 10 heavy (non-hydrogen) atoms. The molecule has 0 amide bonds. The highest BCUT2D eigenvalue weighted by Crippen LogP contribution is 2.28. The maximum Gasteiger partial charge on any atom is 0.00296 e. The third-order valence-electron chi connectivity index (χ3n) is 2.11. The van der Waals surface area contributed by atoms with Crippen molar-refractivity contribution in [3.05, 3.63) is 12.2 Å². The maximum atomic E-state index is 2.51. The van der Waals surface area contributed by atoms with E-state index in [-0.39, 0.29) is 0 Å². The summed E-state index contributed by atoms with van der Waals surface area (Å²) in [5.41, 5.74) is 0. The fourth-order valence-corrected chi connectivity index (χ4v) is 3.46. The summed E-state index contributed by atoms with van der Waals surface area (Å²) in [7, 11) is 0. The Hall–Kier alpha value is 1.20.